The molecule has 0 aromatic heterocycles. The fraction of sp³-hybridized carbons (Fsp3) is 0.471. The van der Waals surface area contributed by atoms with E-state index >= 15 is 0 Å². The second kappa shape index (κ2) is 7.92. The van der Waals surface area contributed by atoms with Crippen LogP contribution in [0.15, 0.2) is 41.8 Å². The van der Waals surface area contributed by atoms with E-state index in [1.165, 1.54) is 16.4 Å². The highest BCUT2D eigenvalue weighted by atomic mass is 32.2. The summed E-state index contributed by atoms with van der Waals surface area (Å²) < 4.78 is 32.5. The fourth-order valence-electron chi connectivity index (χ4n) is 2.64. The minimum absolute atomic E-state index is 0.124. The van der Waals surface area contributed by atoms with Crippen LogP contribution in [0.1, 0.15) is 26.7 Å². The lowest BCUT2D eigenvalue weighted by Gasteiger charge is -2.34. The van der Waals surface area contributed by atoms with Gasteiger partial charge in [-0.1, -0.05) is 6.08 Å². The molecule has 0 aliphatic carbocycles. The van der Waals surface area contributed by atoms with E-state index in [2.05, 4.69) is 11.9 Å². The summed E-state index contributed by atoms with van der Waals surface area (Å²) in [5.74, 6) is -0.124. The third kappa shape index (κ3) is 4.66. The normalized spacial score (nSPS) is 22.1. The van der Waals surface area contributed by atoms with Gasteiger partial charge in [-0.2, -0.15) is 4.31 Å². The van der Waals surface area contributed by atoms with Crippen LogP contribution in [0.3, 0.4) is 0 Å². The van der Waals surface area contributed by atoms with Gasteiger partial charge in [0.25, 0.3) is 0 Å². The van der Waals surface area contributed by atoms with Crippen molar-refractivity contribution in [2.24, 2.45) is 0 Å². The van der Waals surface area contributed by atoms with E-state index in [0.29, 0.717) is 31.6 Å². The Hall–Kier alpha value is -1.70. The number of allylic oxidation sites excluding steroid dienone is 1. The van der Waals surface area contributed by atoms with Gasteiger partial charge in [-0.05, 0) is 44.5 Å². The first kappa shape index (κ1) is 18.6. The first-order valence-corrected chi connectivity index (χ1v) is 9.43. The van der Waals surface area contributed by atoms with Crippen LogP contribution < -0.4 is 5.32 Å². The largest absolute Gasteiger partial charge is 0.373 e. The Labute approximate surface area is 143 Å². The van der Waals surface area contributed by atoms with Gasteiger partial charge >= 0.3 is 0 Å². The van der Waals surface area contributed by atoms with Crippen molar-refractivity contribution in [2.45, 2.75) is 43.8 Å². The van der Waals surface area contributed by atoms with E-state index in [1.54, 1.807) is 18.2 Å². The van der Waals surface area contributed by atoms with E-state index in [0.717, 1.165) is 0 Å². The van der Waals surface area contributed by atoms with Gasteiger partial charge in [0.15, 0.2) is 0 Å². The lowest BCUT2D eigenvalue weighted by molar-refractivity contribution is -0.116. The van der Waals surface area contributed by atoms with Crippen LogP contribution in [0.5, 0.6) is 0 Å². The zero-order chi connectivity index (χ0) is 17.7. The molecule has 1 N–H and O–H groups in total. The molecule has 1 aromatic rings. The van der Waals surface area contributed by atoms with Crippen LogP contribution in [0.25, 0.3) is 0 Å². The number of rotatable bonds is 6. The summed E-state index contributed by atoms with van der Waals surface area (Å²) in [7, 11) is -3.56. The van der Waals surface area contributed by atoms with Crippen molar-refractivity contribution in [3.8, 4) is 0 Å². The first-order chi connectivity index (χ1) is 11.3. The quantitative estimate of drug-likeness (QED) is 0.798. The van der Waals surface area contributed by atoms with E-state index in [1.807, 2.05) is 13.8 Å². The molecular formula is C17H24N2O4S. The molecule has 1 amide bonds. The lowest BCUT2D eigenvalue weighted by atomic mass is 10.2. The summed E-state index contributed by atoms with van der Waals surface area (Å²) in [6.07, 6.45) is 2.37. The number of hydrogen-bond donors (Lipinski definition) is 1. The summed E-state index contributed by atoms with van der Waals surface area (Å²) in [5, 5.41) is 2.73. The minimum Gasteiger partial charge on any atom is -0.373 e. The zero-order valence-corrected chi connectivity index (χ0v) is 14.9. The predicted octanol–water partition coefficient (Wildman–Crippen LogP) is 2.39. The summed E-state index contributed by atoms with van der Waals surface area (Å²) >= 11 is 0. The topological polar surface area (TPSA) is 75.7 Å². The number of carbonyl (C=O) groups is 1. The van der Waals surface area contributed by atoms with Crippen LogP contribution in [-0.2, 0) is 19.6 Å². The van der Waals surface area contributed by atoms with Gasteiger partial charge in [-0.25, -0.2) is 8.42 Å². The molecule has 0 saturated carbocycles. The van der Waals surface area contributed by atoms with Crippen molar-refractivity contribution < 1.29 is 17.9 Å². The number of nitrogens with one attached hydrogen (secondary N) is 1. The Bertz CT molecular complexity index is 675. The molecule has 6 nitrogen and oxygen atoms in total. The fourth-order valence-corrected chi connectivity index (χ4v) is 4.23. The summed E-state index contributed by atoms with van der Waals surface area (Å²) in [6, 6.07) is 6.24. The van der Waals surface area contributed by atoms with Crippen LogP contribution in [-0.4, -0.2) is 43.9 Å². The Morgan fingerprint density at radius 3 is 2.42 bits per heavy atom. The van der Waals surface area contributed by atoms with Gasteiger partial charge in [-0.3, -0.25) is 4.79 Å². The maximum Gasteiger partial charge on any atom is 0.243 e. The molecule has 1 aromatic carbocycles. The Morgan fingerprint density at radius 1 is 1.29 bits per heavy atom. The van der Waals surface area contributed by atoms with Gasteiger partial charge in [0.05, 0.1) is 17.1 Å². The van der Waals surface area contributed by atoms with Crippen LogP contribution in [0.2, 0.25) is 0 Å². The standard InChI is InChI=1S/C17H24N2O4S/c1-4-5-6-17(20)18-15-7-9-16(10-8-15)24(21,22)19-11-13(2)23-14(3)12-19/h4,7-10,13-14H,1,5-6,11-12H2,2-3H3,(H,18,20). The number of anilines is 1. The van der Waals surface area contributed by atoms with Crippen molar-refractivity contribution >= 4 is 21.6 Å². The summed E-state index contributed by atoms with van der Waals surface area (Å²) in [6.45, 7) is 7.98. The molecule has 1 saturated heterocycles. The highest BCUT2D eigenvalue weighted by molar-refractivity contribution is 7.89. The van der Waals surface area contributed by atoms with Gasteiger partial charge < -0.3 is 10.1 Å². The van der Waals surface area contributed by atoms with Crippen molar-refractivity contribution in [1.29, 1.82) is 0 Å². The van der Waals surface area contributed by atoms with Crippen molar-refractivity contribution in [3.63, 3.8) is 0 Å². The molecule has 1 aliphatic heterocycles. The molecule has 1 aliphatic rings. The highest BCUT2D eigenvalue weighted by Gasteiger charge is 2.32. The molecule has 132 valence electrons. The molecule has 24 heavy (non-hydrogen) atoms. The SMILES string of the molecule is C=CCCC(=O)Nc1ccc(S(=O)(=O)N2CC(C)OC(C)C2)cc1. The first-order valence-electron chi connectivity index (χ1n) is 7.99. The summed E-state index contributed by atoms with van der Waals surface area (Å²) in [5.41, 5.74) is 0.576. The Kier molecular flexibility index (Phi) is 6.15. The van der Waals surface area contributed by atoms with Gasteiger partial charge in [-0.15, -0.1) is 6.58 Å². The van der Waals surface area contributed by atoms with E-state index in [9.17, 15) is 13.2 Å². The average Bonchev–Trinajstić information content (AvgIpc) is 2.52. The third-order valence-corrected chi connectivity index (χ3v) is 5.58. The Morgan fingerprint density at radius 2 is 1.88 bits per heavy atom. The number of ether oxygens (including phenoxy) is 1. The number of morpholine rings is 1. The molecule has 7 heteroatoms. The lowest BCUT2D eigenvalue weighted by Crippen LogP contribution is -2.48. The van der Waals surface area contributed by atoms with E-state index < -0.39 is 10.0 Å². The molecule has 1 heterocycles. The van der Waals surface area contributed by atoms with Crippen molar-refractivity contribution in [1.82, 2.24) is 4.31 Å². The number of carbonyl (C=O) groups excluding carboxylic acids is 1. The number of amides is 1. The highest BCUT2D eigenvalue weighted by Crippen LogP contribution is 2.22. The average molecular weight is 352 g/mol. The minimum atomic E-state index is -3.56. The maximum atomic E-state index is 12.7. The molecule has 0 radical (unpaired) electrons. The molecular weight excluding hydrogens is 328 g/mol. The number of sulfonamides is 1. The Balaban J connectivity index is 2.08. The number of benzene rings is 1. The van der Waals surface area contributed by atoms with E-state index in [4.69, 9.17) is 4.74 Å². The predicted molar refractivity (Wildman–Crippen MR) is 93.3 cm³/mol. The smallest absolute Gasteiger partial charge is 0.243 e. The molecule has 1 fully saturated rings. The molecule has 0 spiro atoms. The molecule has 2 unspecified atom stereocenters. The van der Waals surface area contributed by atoms with Crippen molar-refractivity contribution in [3.05, 3.63) is 36.9 Å². The van der Waals surface area contributed by atoms with Crippen LogP contribution >= 0.6 is 0 Å². The van der Waals surface area contributed by atoms with Gasteiger partial charge in [0.2, 0.25) is 15.9 Å². The monoisotopic (exact) mass is 352 g/mol. The zero-order valence-electron chi connectivity index (χ0n) is 14.1. The maximum absolute atomic E-state index is 12.7. The van der Waals surface area contributed by atoms with Crippen LogP contribution in [0.4, 0.5) is 5.69 Å². The van der Waals surface area contributed by atoms with Gasteiger partial charge in [0.1, 0.15) is 0 Å². The van der Waals surface area contributed by atoms with Gasteiger partial charge in [0, 0.05) is 25.2 Å². The molecule has 2 rings (SSSR count). The molecule has 2 atom stereocenters. The van der Waals surface area contributed by atoms with Crippen LogP contribution in [0, 0.1) is 0 Å². The van der Waals surface area contributed by atoms with Crippen molar-refractivity contribution in [2.75, 3.05) is 18.4 Å². The number of nitrogens with zero attached hydrogens (tertiary/aromatic N) is 1. The number of hydrogen-bond acceptors (Lipinski definition) is 4. The molecule has 0 bridgehead atoms. The van der Waals surface area contributed by atoms with E-state index in [-0.39, 0.29) is 23.0 Å². The second-order valence-electron chi connectivity index (χ2n) is 5.98. The summed E-state index contributed by atoms with van der Waals surface area (Å²) in [4.78, 5) is 11.9. The third-order valence-electron chi connectivity index (χ3n) is 3.74. The second-order valence-corrected chi connectivity index (χ2v) is 7.92.